The van der Waals surface area contributed by atoms with Gasteiger partial charge in [0, 0.05) is 24.4 Å². The Hall–Kier alpha value is -1.40. The van der Waals surface area contributed by atoms with Gasteiger partial charge in [0.2, 0.25) is 5.91 Å². The largest absolute Gasteiger partial charge is 0.378 e. The number of carbonyl (C=O) groups is 1. The van der Waals surface area contributed by atoms with Crippen LogP contribution in [0.5, 0.6) is 0 Å². The third-order valence-electron chi connectivity index (χ3n) is 7.02. The second-order valence-corrected chi connectivity index (χ2v) is 10.3. The Balaban J connectivity index is 1.15. The van der Waals surface area contributed by atoms with Gasteiger partial charge >= 0.3 is 0 Å². The van der Waals surface area contributed by atoms with Gasteiger partial charge in [0.25, 0.3) is 0 Å². The number of ether oxygens (including phenoxy) is 1. The quantitative estimate of drug-likeness (QED) is 0.620. The molecule has 1 aliphatic heterocycles. The first-order valence-electron chi connectivity index (χ1n) is 10.4. The average molecular weight is 388 g/mol. The minimum Gasteiger partial charge on any atom is -0.378 e. The Morgan fingerprint density at radius 2 is 1.85 bits per heavy atom. The maximum atomic E-state index is 12.5. The number of rotatable bonds is 5. The highest BCUT2D eigenvalue weighted by molar-refractivity contribution is 7.17. The fourth-order valence-electron chi connectivity index (χ4n) is 6.42. The Morgan fingerprint density at radius 3 is 2.52 bits per heavy atom. The van der Waals surface area contributed by atoms with E-state index in [1.807, 2.05) is 0 Å². The molecule has 4 aliphatic carbocycles. The lowest BCUT2D eigenvalue weighted by atomic mass is 9.49. The summed E-state index contributed by atoms with van der Waals surface area (Å²) in [5.74, 6) is 2.75. The van der Waals surface area contributed by atoms with E-state index >= 15 is 0 Å². The number of thiophene rings is 1. The van der Waals surface area contributed by atoms with Crippen molar-refractivity contribution in [1.29, 1.82) is 0 Å². The number of hydrazone groups is 1. The molecule has 0 radical (unpaired) electrons. The molecular formula is C21H29N3O2S. The van der Waals surface area contributed by atoms with Crippen LogP contribution in [0.4, 0.5) is 5.00 Å². The van der Waals surface area contributed by atoms with E-state index in [1.165, 1.54) is 43.5 Å². The molecule has 1 N–H and O–H groups in total. The molecule has 0 aromatic carbocycles. The van der Waals surface area contributed by atoms with E-state index in [0.29, 0.717) is 6.42 Å². The molecule has 27 heavy (non-hydrogen) atoms. The molecule has 1 aromatic rings. The molecule has 5 aliphatic rings. The van der Waals surface area contributed by atoms with Crippen molar-refractivity contribution in [3.63, 3.8) is 0 Å². The van der Waals surface area contributed by atoms with Gasteiger partial charge in [-0.2, -0.15) is 5.10 Å². The normalized spacial score (nSPS) is 35.1. The standard InChI is InChI=1S/C21H29N3O2S/c25-19(13-21-10-15-7-16(11-21)9-17(8-15)12-21)23-22-14-18-1-2-20(27-18)24-3-5-26-6-4-24/h1-2,14-17H,3-13H2,(H,23,25)/b22-14-. The lowest BCUT2D eigenvalue weighted by molar-refractivity contribution is -0.129. The molecule has 0 spiro atoms. The van der Waals surface area contributed by atoms with Gasteiger partial charge < -0.3 is 9.64 Å². The molecule has 0 atom stereocenters. The highest BCUT2D eigenvalue weighted by atomic mass is 32.1. The van der Waals surface area contributed by atoms with E-state index in [4.69, 9.17) is 4.74 Å². The number of amides is 1. The Kier molecular flexibility index (Phi) is 4.72. The van der Waals surface area contributed by atoms with Gasteiger partial charge in [0.05, 0.1) is 24.4 Å². The number of nitrogens with one attached hydrogen (secondary N) is 1. The van der Waals surface area contributed by atoms with Crippen LogP contribution in [0.25, 0.3) is 0 Å². The minimum absolute atomic E-state index is 0.0955. The van der Waals surface area contributed by atoms with Crippen LogP contribution in [0.3, 0.4) is 0 Å². The van der Waals surface area contributed by atoms with Gasteiger partial charge in [0.15, 0.2) is 0 Å². The highest BCUT2D eigenvalue weighted by Gasteiger charge is 2.51. The van der Waals surface area contributed by atoms with Crippen molar-refractivity contribution in [2.45, 2.75) is 44.9 Å². The molecule has 146 valence electrons. The summed E-state index contributed by atoms with van der Waals surface area (Å²) in [6, 6.07) is 4.21. The van der Waals surface area contributed by atoms with E-state index in [-0.39, 0.29) is 11.3 Å². The molecular weight excluding hydrogens is 358 g/mol. The van der Waals surface area contributed by atoms with E-state index in [2.05, 4.69) is 27.6 Å². The van der Waals surface area contributed by atoms with Crippen LogP contribution in [0.15, 0.2) is 17.2 Å². The van der Waals surface area contributed by atoms with Crippen molar-refractivity contribution in [3.05, 3.63) is 17.0 Å². The van der Waals surface area contributed by atoms with Crippen LogP contribution in [0.2, 0.25) is 0 Å². The maximum Gasteiger partial charge on any atom is 0.240 e. The molecule has 5 nitrogen and oxygen atoms in total. The molecule has 6 heteroatoms. The van der Waals surface area contributed by atoms with Crippen molar-refractivity contribution in [3.8, 4) is 0 Å². The van der Waals surface area contributed by atoms with Crippen LogP contribution >= 0.6 is 11.3 Å². The van der Waals surface area contributed by atoms with Crippen molar-refractivity contribution in [2.24, 2.45) is 28.3 Å². The number of nitrogens with zero attached hydrogens (tertiary/aromatic N) is 2. The second kappa shape index (κ2) is 7.21. The van der Waals surface area contributed by atoms with Crippen LogP contribution in [0, 0.1) is 23.2 Å². The molecule has 4 bridgehead atoms. The molecule has 4 saturated carbocycles. The van der Waals surface area contributed by atoms with Crippen molar-refractivity contribution >= 4 is 28.5 Å². The topological polar surface area (TPSA) is 53.9 Å². The van der Waals surface area contributed by atoms with Crippen molar-refractivity contribution in [2.75, 3.05) is 31.2 Å². The number of morpholine rings is 1. The number of hydrogen-bond donors (Lipinski definition) is 1. The lowest BCUT2D eigenvalue weighted by Gasteiger charge is -2.56. The van der Waals surface area contributed by atoms with Gasteiger partial charge in [-0.25, -0.2) is 5.43 Å². The van der Waals surface area contributed by atoms with Gasteiger partial charge in [-0.15, -0.1) is 11.3 Å². The molecule has 0 unspecified atom stereocenters. The molecule has 2 heterocycles. The van der Waals surface area contributed by atoms with Gasteiger partial charge in [-0.3, -0.25) is 4.79 Å². The van der Waals surface area contributed by atoms with E-state index in [0.717, 1.165) is 48.9 Å². The number of hydrogen-bond acceptors (Lipinski definition) is 5. The van der Waals surface area contributed by atoms with Crippen LogP contribution in [-0.4, -0.2) is 38.4 Å². The third kappa shape index (κ3) is 3.79. The van der Waals surface area contributed by atoms with Crippen LogP contribution < -0.4 is 10.3 Å². The predicted molar refractivity (Wildman–Crippen MR) is 108 cm³/mol. The monoisotopic (exact) mass is 387 g/mol. The summed E-state index contributed by atoms with van der Waals surface area (Å²) in [5.41, 5.74) is 3.08. The van der Waals surface area contributed by atoms with Crippen LogP contribution in [-0.2, 0) is 9.53 Å². The number of anilines is 1. The summed E-state index contributed by atoms with van der Waals surface area (Å²) < 4.78 is 5.41. The van der Waals surface area contributed by atoms with E-state index in [1.54, 1.807) is 17.6 Å². The molecule has 1 saturated heterocycles. The minimum atomic E-state index is 0.0955. The third-order valence-corrected chi connectivity index (χ3v) is 8.10. The Labute approximate surface area is 165 Å². The zero-order chi connectivity index (χ0) is 18.3. The van der Waals surface area contributed by atoms with Gasteiger partial charge in [-0.05, 0) is 73.8 Å². The summed E-state index contributed by atoms with van der Waals surface area (Å²) >= 11 is 1.72. The summed E-state index contributed by atoms with van der Waals surface area (Å²) in [6.45, 7) is 3.47. The summed E-state index contributed by atoms with van der Waals surface area (Å²) in [7, 11) is 0. The summed E-state index contributed by atoms with van der Waals surface area (Å²) in [5, 5.41) is 5.49. The number of carbonyl (C=O) groups excluding carboxylic acids is 1. The van der Waals surface area contributed by atoms with Gasteiger partial charge in [-0.1, -0.05) is 0 Å². The summed E-state index contributed by atoms with van der Waals surface area (Å²) in [4.78, 5) is 15.9. The summed E-state index contributed by atoms with van der Waals surface area (Å²) in [6.07, 6.45) is 10.5. The molecule has 1 aromatic heterocycles. The molecule has 1 amide bonds. The first kappa shape index (κ1) is 17.7. The molecule has 6 rings (SSSR count). The second-order valence-electron chi connectivity index (χ2n) is 9.16. The van der Waals surface area contributed by atoms with Crippen molar-refractivity contribution < 1.29 is 9.53 Å². The van der Waals surface area contributed by atoms with Gasteiger partial charge in [0.1, 0.15) is 0 Å². The Morgan fingerprint density at radius 1 is 1.19 bits per heavy atom. The lowest BCUT2D eigenvalue weighted by Crippen LogP contribution is -2.47. The maximum absolute atomic E-state index is 12.5. The molecule has 5 fully saturated rings. The average Bonchev–Trinajstić information content (AvgIpc) is 3.10. The van der Waals surface area contributed by atoms with Crippen LogP contribution in [0.1, 0.15) is 49.8 Å². The zero-order valence-electron chi connectivity index (χ0n) is 15.9. The zero-order valence-corrected chi connectivity index (χ0v) is 16.7. The fraction of sp³-hybridized carbons (Fsp3) is 0.714. The van der Waals surface area contributed by atoms with Crippen molar-refractivity contribution in [1.82, 2.24) is 5.43 Å². The first-order valence-corrected chi connectivity index (χ1v) is 11.2. The Bertz CT molecular complexity index is 687. The smallest absolute Gasteiger partial charge is 0.240 e. The van der Waals surface area contributed by atoms with E-state index in [9.17, 15) is 4.79 Å². The SMILES string of the molecule is O=C(CC12CC3CC(CC(C3)C1)C2)N/N=C\c1ccc(N2CCOCC2)s1. The van der Waals surface area contributed by atoms with E-state index < -0.39 is 0 Å². The first-order chi connectivity index (χ1) is 13.2. The fourth-order valence-corrected chi connectivity index (χ4v) is 7.35. The predicted octanol–water partition coefficient (Wildman–Crippen LogP) is 3.64. The highest BCUT2D eigenvalue weighted by Crippen LogP contribution is 2.61.